The molecule has 1 aromatic carbocycles. The summed E-state index contributed by atoms with van der Waals surface area (Å²) in [6.45, 7) is 4.99. The molecule has 0 radical (unpaired) electrons. The van der Waals surface area contributed by atoms with Gasteiger partial charge in [0.15, 0.2) is 0 Å². The number of benzene rings is 1. The zero-order valence-electron chi connectivity index (χ0n) is 11.6. The predicted molar refractivity (Wildman–Crippen MR) is 74.9 cm³/mol. The van der Waals surface area contributed by atoms with Gasteiger partial charge in [0.25, 0.3) is 0 Å². The third kappa shape index (κ3) is 3.33. The lowest BCUT2D eigenvalue weighted by molar-refractivity contribution is 0.0433. The minimum absolute atomic E-state index is 0.382. The van der Waals surface area contributed by atoms with E-state index in [0.29, 0.717) is 24.2 Å². The summed E-state index contributed by atoms with van der Waals surface area (Å²) in [6, 6.07) is 8.17. The van der Waals surface area contributed by atoms with Gasteiger partial charge in [0.2, 0.25) is 0 Å². The molecule has 2 N–H and O–H groups in total. The first-order valence-corrected chi connectivity index (χ1v) is 6.92. The van der Waals surface area contributed by atoms with E-state index in [1.807, 2.05) is 12.1 Å². The van der Waals surface area contributed by atoms with Crippen LogP contribution in [-0.4, -0.2) is 28.2 Å². The first-order chi connectivity index (χ1) is 9.09. The van der Waals surface area contributed by atoms with E-state index in [0.717, 1.165) is 5.56 Å². The van der Waals surface area contributed by atoms with Crippen LogP contribution in [0.5, 0.6) is 0 Å². The standard InChI is InChI=1S/C15H22N2O2/c1-11-6-5-7-12(2)17(11)16-10-13-8-3-4-9-14(13)15(18)19/h3-4,8-9,11-12,16H,5-7,10H2,1-2H3,(H,18,19). The Bertz CT molecular complexity index is 438. The Morgan fingerprint density at radius 1 is 1.32 bits per heavy atom. The minimum Gasteiger partial charge on any atom is -0.478 e. The molecule has 2 rings (SSSR count). The Morgan fingerprint density at radius 2 is 1.95 bits per heavy atom. The summed E-state index contributed by atoms with van der Waals surface area (Å²) < 4.78 is 0. The minimum atomic E-state index is -0.864. The van der Waals surface area contributed by atoms with E-state index < -0.39 is 5.97 Å². The van der Waals surface area contributed by atoms with E-state index in [2.05, 4.69) is 24.3 Å². The Morgan fingerprint density at radius 3 is 2.58 bits per heavy atom. The molecule has 0 spiro atoms. The van der Waals surface area contributed by atoms with Gasteiger partial charge >= 0.3 is 5.97 Å². The van der Waals surface area contributed by atoms with Crippen LogP contribution in [-0.2, 0) is 6.54 Å². The van der Waals surface area contributed by atoms with E-state index in [1.54, 1.807) is 12.1 Å². The smallest absolute Gasteiger partial charge is 0.336 e. The fraction of sp³-hybridized carbons (Fsp3) is 0.533. The second-order valence-corrected chi connectivity index (χ2v) is 5.33. The van der Waals surface area contributed by atoms with Crippen LogP contribution in [0, 0.1) is 0 Å². The number of nitrogens with zero attached hydrogens (tertiary/aromatic N) is 1. The molecule has 104 valence electrons. The maximum Gasteiger partial charge on any atom is 0.336 e. The van der Waals surface area contributed by atoms with E-state index in [1.165, 1.54) is 19.3 Å². The number of hydrogen-bond acceptors (Lipinski definition) is 3. The molecule has 1 aliphatic rings. The zero-order valence-corrected chi connectivity index (χ0v) is 11.6. The highest BCUT2D eigenvalue weighted by molar-refractivity contribution is 5.89. The number of hydrogen-bond donors (Lipinski definition) is 2. The van der Waals surface area contributed by atoms with Crippen molar-refractivity contribution in [2.24, 2.45) is 0 Å². The molecule has 2 atom stereocenters. The Kier molecular flexibility index (Phi) is 4.56. The fourth-order valence-electron chi connectivity index (χ4n) is 2.79. The van der Waals surface area contributed by atoms with E-state index in [9.17, 15) is 4.79 Å². The lowest BCUT2D eigenvalue weighted by atomic mass is 10.00. The molecule has 0 saturated carbocycles. The summed E-state index contributed by atoms with van der Waals surface area (Å²) >= 11 is 0. The molecule has 0 aromatic heterocycles. The highest BCUT2D eigenvalue weighted by Crippen LogP contribution is 2.20. The molecule has 0 bridgehead atoms. The molecular formula is C15H22N2O2. The molecule has 1 aromatic rings. The number of aromatic carboxylic acids is 1. The fourth-order valence-corrected chi connectivity index (χ4v) is 2.79. The van der Waals surface area contributed by atoms with Gasteiger partial charge < -0.3 is 5.11 Å². The van der Waals surface area contributed by atoms with Gasteiger partial charge in [0, 0.05) is 18.6 Å². The van der Waals surface area contributed by atoms with Crippen molar-refractivity contribution in [2.45, 2.75) is 51.7 Å². The van der Waals surface area contributed by atoms with Gasteiger partial charge in [-0.25, -0.2) is 9.80 Å². The van der Waals surface area contributed by atoms with Crippen LogP contribution in [0.25, 0.3) is 0 Å². The lowest BCUT2D eigenvalue weighted by Gasteiger charge is -2.39. The number of rotatable bonds is 4. The van der Waals surface area contributed by atoms with Crippen LogP contribution < -0.4 is 5.43 Å². The van der Waals surface area contributed by atoms with Crippen molar-refractivity contribution in [1.82, 2.24) is 10.4 Å². The van der Waals surface area contributed by atoms with Crippen LogP contribution in [0.3, 0.4) is 0 Å². The maximum atomic E-state index is 11.2. The SMILES string of the molecule is CC1CCCC(C)N1NCc1ccccc1C(=O)O. The normalized spacial score (nSPS) is 24.3. The average Bonchev–Trinajstić information content (AvgIpc) is 2.38. The second kappa shape index (κ2) is 6.17. The van der Waals surface area contributed by atoms with Gasteiger partial charge in [-0.1, -0.05) is 24.6 Å². The monoisotopic (exact) mass is 262 g/mol. The lowest BCUT2D eigenvalue weighted by Crippen LogP contribution is -2.51. The van der Waals surface area contributed by atoms with Crippen LogP contribution in [0.2, 0.25) is 0 Å². The van der Waals surface area contributed by atoms with E-state index in [-0.39, 0.29) is 0 Å². The Hall–Kier alpha value is -1.39. The molecule has 2 unspecified atom stereocenters. The summed E-state index contributed by atoms with van der Waals surface area (Å²) in [5, 5.41) is 11.4. The quantitative estimate of drug-likeness (QED) is 0.876. The van der Waals surface area contributed by atoms with Crippen molar-refractivity contribution in [3.8, 4) is 0 Å². The zero-order chi connectivity index (χ0) is 13.8. The number of carboxylic acids is 1. The molecule has 1 heterocycles. The number of nitrogens with one attached hydrogen (secondary N) is 1. The average molecular weight is 262 g/mol. The van der Waals surface area contributed by atoms with Gasteiger partial charge in [0.1, 0.15) is 0 Å². The summed E-state index contributed by atoms with van der Waals surface area (Å²) in [6.07, 6.45) is 3.65. The van der Waals surface area contributed by atoms with Gasteiger partial charge in [-0.3, -0.25) is 5.43 Å². The largest absolute Gasteiger partial charge is 0.478 e. The summed E-state index contributed by atoms with van der Waals surface area (Å²) in [5.41, 5.74) is 4.62. The highest BCUT2D eigenvalue weighted by Gasteiger charge is 2.24. The number of carboxylic acid groups (broad SMARTS) is 1. The summed E-state index contributed by atoms with van der Waals surface area (Å²) in [5.74, 6) is -0.864. The van der Waals surface area contributed by atoms with Crippen LogP contribution in [0.15, 0.2) is 24.3 Å². The van der Waals surface area contributed by atoms with Crippen LogP contribution in [0.4, 0.5) is 0 Å². The van der Waals surface area contributed by atoms with Crippen molar-refractivity contribution >= 4 is 5.97 Å². The third-order valence-electron chi connectivity index (χ3n) is 3.89. The Balaban J connectivity index is 2.04. The summed E-state index contributed by atoms with van der Waals surface area (Å²) in [4.78, 5) is 11.2. The van der Waals surface area contributed by atoms with Crippen molar-refractivity contribution in [2.75, 3.05) is 0 Å². The predicted octanol–water partition coefficient (Wildman–Crippen LogP) is 2.65. The van der Waals surface area contributed by atoms with E-state index in [4.69, 9.17) is 5.11 Å². The number of piperidine rings is 1. The number of carbonyl (C=O) groups is 1. The molecule has 4 nitrogen and oxygen atoms in total. The van der Waals surface area contributed by atoms with Crippen LogP contribution >= 0.6 is 0 Å². The second-order valence-electron chi connectivity index (χ2n) is 5.33. The first kappa shape index (κ1) is 14.0. The molecule has 1 fully saturated rings. The molecule has 19 heavy (non-hydrogen) atoms. The van der Waals surface area contributed by atoms with E-state index >= 15 is 0 Å². The van der Waals surface area contributed by atoms with Gasteiger partial charge in [-0.05, 0) is 38.3 Å². The topological polar surface area (TPSA) is 52.6 Å². The molecule has 0 aliphatic carbocycles. The van der Waals surface area contributed by atoms with Crippen molar-refractivity contribution in [3.63, 3.8) is 0 Å². The molecule has 4 heteroatoms. The molecule has 1 aliphatic heterocycles. The van der Waals surface area contributed by atoms with Gasteiger partial charge in [-0.15, -0.1) is 0 Å². The van der Waals surface area contributed by atoms with Crippen molar-refractivity contribution in [1.29, 1.82) is 0 Å². The summed E-state index contributed by atoms with van der Waals surface area (Å²) in [7, 11) is 0. The third-order valence-corrected chi connectivity index (χ3v) is 3.89. The van der Waals surface area contributed by atoms with Gasteiger partial charge in [-0.2, -0.15) is 0 Å². The maximum absolute atomic E-state index is 11.2. The Labute approximate surface area is 114 Å². The molecule has 1 saturated heterocycles. The van der Waals surface area contributed by atoms with Crippen molar-refractivity contribution < 1.29 is 9.90 Å². The first-order valence-electron chi connectivity index (χ1n) is 6.92. The van der Waals surface area contributed by atoms with Crippen molar-refractivity contribution in [3.05, 3.63) is 35.4 Å². The van der Waals surface area contributed by atoms with Crippen LogP contribution in [0.1, 0.15) is 49.0 Å². The molecular weight excluding hydrogens is 240 g/mol. The number of hydrazine groups is 1. The highest BCUT2D eigenvalue weighted by atomic mass is 16.4. The molecule has 0 amide bonds. The van der Waals surface area contributed by atoms with Gasteiger partial charge in [0.05, 0.1) is 5.56 Å².